The summed E-state index contributed by atoms with van der Waals surface area (Å²) >= 11 is 0. The Kier molecular flexibility index (Phi) is 5.41. The molecule has 2 fully saturated rings. The van der Waals surface area contributed by atoms with Crippen LogP contribution in [0.2, 0.25) is 0 Å². The maximum absolute atomic E-state index is 14.0. The first-order valence-electron chi connectivity index (χ1n) is 10.9. The maximum atomic E-state index is 14.0. The molecule has 6 nitrogen and oxygen atoms in total. The predicted molar refractivity (Wildman–Crippen MR) is 122 cm³/mol. The molecule has 35 heavy (non-hydrogen) atoms. The van der Waals surface area contributed by atoms with E-state index in [0.29, 0.717) is 22.5 Å². The zero-order valence-electron chi connectivity index (χ0n) is 18.6. The van der Waals surface area contributed by atoms with E-state index in [1.54, 1.807) is 40.1 Å². The number of ether oxygens (including phenoxy) is 2. The number of rotatable bonds is 4. The number of nitrogens with zero attached hydrogens (tertiary/aromatic N) is 3. The molecule has 0 saturated carbocycles. The van der Waals surface area contributed by atoms with E-state index >= 15 is 0 Å². The van der Waals surface area contributed by atoms with Crippen molar-refractivity contribution in [1.82, 2.24) is 0 Å². The summed E-state index contributed by atoms with van der Waals surface area (Å²) in [5.74, 6) is -0.369. The second-order valence-corrected chi connectivity index (χ2v) is 8.60. The third-order valence-electron chi connectivity index (χ3n) is 6.29. The number of amides is 2. The van der Waals surface area contributed by atoms with Gasteiger partial charge in [-0.3, -0.25) is 9.80 Å². The van der Waals surface area contributed by atoms with Crippen molar-refractivity contribution < 1.29 is 27.4 Å². The lowest BCUT2D eigenvalue weighted by atomic mass is 9.82. The van der Waals surface area contributed by atoms with Crippen molar-refractivity contribution in [2.24, 2.45) is 0 Å². The van der Waals surface area contributed by atoms with Gasteiger partial charge in [-0.15, -0.1) is 13.2 Å². The van der Waals surface area contributed by atoms with Crippen molar-refractivity contribution >= 4 is 17.4 Å². The molecular weight excluding hydrogens is 459 g/mol. The number of nitriles is 1. The minimum absolute atomic E-state index is 0.203. The van der Waals surface area contributed by atoms with Crippen LogP contribution < -0.4 is 14.5 Å². The molecule has 0 N–H and O–H groups in total. The van der Waals surface area contributed by atoms with Gasteiger partial charge in [-0.25, -0.2) is 4.79 Å². The summed E-state index contributed by atoms with van der Waals surface area (Å²) in [6.07, 6.45) is -4.85. The molecule has 178 valence electrons. The Morgan fingerprint density at radius 2 is 1.69 bits per heavy atom. The number of aryl methyl sites for hydroxylation is 1. The molecule has 9 heteroatoms. The minimum atomic E-state index is -4.85. The number of hydrogen-bond acceptors (Lipinski definition) is 4. The van der Waals surface area contributed by atoms with Gasteiger partial charge in [0.25, 0.3) is 0 Å². The highest BCUT2D eigenvalue weighted by atomic mass is 19.4. The minimum Gasteiger partial charge on any atom is -0.406 e. The molecule has 1 spiro atoms. The van der Waals surface area contributed by atoms with E-state index in [1.807, 2.05) is 37.3 Å². The van der Waals surface area contributed by atoms with Crippen molar-refractivity contribution in [3.8, 4) is 11.8 Å². The van der Waals surface area contributed by atoms with Crippen LogP contribution in [0.5, 0.6) is 5.75 Å². The Morgan fingerprint density at radius 3 is 2.26 bits per heavy atom. The Hall–Kier alpha value is -4.03. The second-order valence-electron chi connectivity index (χ2n) is 8.60. The van der Waals surface area contributed by atoms with Crippen LogP contribution in [0.15, 0.2) is 72.8 Å². The molecule has 2 heterocycles. The number of anilines is 2. The quantitative estimate of drug-likeness (QED) is 0.480. The highest BCUT2D eigenvalue weighted by Crippen LogP contribution is 2.51. The number of carbonyl (C=O) groups excluding carboxylic acids is 1. The third kappa shape index (κ3) is 3.96. The first-order chi connectivity index (χ1) is 16.7. The van der Waals surface area contributed by atoms with Crippen LogP contribution in [0.1, 0.15) is 22.7 Å². The molecule has 2 aliphatic heterocycles. The normalized spacial score (nSPS) is 18.9. The Labute approximate surface area is 199 Å². The van der Waals surface area contributed by atoms with Gasteiger partial charge in [0.1, 0.15) is 11.3 Å². The highest BCUT2D eigenvalue weighted by Gasteiger charge is 2.63. The van der Waals surface area contributed by atoms with Gasteiger partial charge in [0.15, 0.2) is 0 Å². The summed E-state index contributed by atoms with van der Waals surface area (Å²) in [4.78, 5) is 17.2. The molecule has 3 aromatic carbocycles. The van der Waals surface area contributed by atoms with E-state index in [1.165, 1.54) is 18.2 Å². The maximum Gasteiger partial charge on any atom is 0.573 e. The van der Waals surface area contributed by atoms with E-state index < -0.39 is 17.9 Å². The van der Waals surface area contributed by atoms with Gasteiger partial charge in [-0.05, 0) is 61.0 Å². The van der Waals surface area contributed by atoms with Gasteiger partial charge in [-0.1, -0.05) is 29.8 Å². The second kappa shape index (κ2) is 8.32. The lowest BCUT2D eigenvalue weighted by molar-refractivity contribution is -0.274. The van der Waals surface area contributed by atoms with Crippen LogP contribution in [0.25, 0.3) is 0 Å². The fourth-order valence-corrected chi connectivity index (χ4v) is 4.73. The molecule has 2 amide bonds. The molecule has 0 aromatic heterocycles. The van der Waals surface area contributed by atoms with Crippen molar-refractivity contribution in [2.75, 3.05) is 23.0 Å². The molecule has 2 aliphatic rings. The zero-order valence-corrected chi connectivity index (χ0v) is 18.6. The van der Waals surface area contributed by atoms with E-state index in [-0.39, 0.29) is 25.0 Å². The molecule has 2 saturated heterocycles. The van der Waals surface area contributed by atoms with Crippen molar-refractivity contribution in [2.45, 2.75) is 24.9 Å². The van der Waals surface area contributed by atoms with E-state index in [9.17, 15) is 23.2 Å². The van der Waals surface area contributed by atoms with Crippen LogP contribution in [-0.4, -0.2) is 31.1 Å². The Bertz CT molecular complexity index is 1300. The average Bonchev–Trinajstić information content (AvgIpc) is 3.08. The third-order valence-corrected chi connectivity index (χ3v) is 6.29. The number of benzene rings is 3. The number of alkyl halides is 3. The van der Waals surface area contributed by atoms with Gasteiger partial charge < -0.3 is 9.47 Å². The number of carbonyl (C=O) groups is 1. The van der Waals surface area contributed by atoms with Crippen LogP contribution in [0, 0.1) is 18.3 Å². The van der Waals surface area contributed by atoms with Crippen molar-refractivity contribution in [1.29, 1.82) is 5.26 Å². The number of urea groups is 1. The topological polar surface area (TPSA) is 65.8 Å². The lowest BCUT2D eigenvalue weighted by Gasteiger charge is -2.47. The molecule has 0 unspecified atom stereocenters. The van der Waals surface area contributed by atoms with Gasteiger partial charge in [-0.2, -0.15) is 5.26 Å². The predicted octanol–water partition coefficient (Wildman–Crippen LogP) is 5.72. The van der Waals surface area contributed by atoms with Crippen molar-refractivity contribution in [3.05, 3.63) is 89.5 Å². The van der Waals surface area contributed by atoms with E-state index in [4.69, 9.17) is 4.74 Å². The van der Waals surface area contributed by atoms with Crippen LogP contribution in [-0.2, 0) is 4.74 Å². The Balaban J connectivity index is 1.66. The molecule has 3 aromatic rings. The van der Waals surface area contributed by atoms with Crippen LogP contribution in [0.3, 0.4) is 0 Å². The number of hydrogen-bond donors (Lipinski definition) is 0. The Morgan fingerprint density at radius 1 is 1.03 bits per heavy atom. The summed E-state index contributed by atoms with van der Waals surface area (Å²) in [5.41, 5.74) is 2.25. The fourth-order valence-electron chi connectivity index (χ4n) is 4.73. The monoisotopic (exact) mass is 479 g/mol. The standard InChI is InChI=1S/C26H20F3N3O3/c1-17-5-9-21(10-6-17)32-24(33)31(20-11-7-18(14-30)8-12-20)23(25(32)15-34-16-25)19-3-2-4-22(13-19)35-26(27,28)29/h2-13,23H,15-16H2,1H3/t23-/m0/s1. The largest absolute Gasteiger partial charge is 0.573 e. The van der Waals surface area contributed by atoms with E-state index in [2.05, 4.69) is 4.74 Å². The molecule has 0 bridgehead atoms. The summed E-state index contributed by atoms with van der Waals surface area (Å²) in [6, 6.07) is 20.7. The average molecular weight is 479 g/mol. The first-order valence-corrected chi connectivity index (χ1v) is 10.9. The van der Waals surface area contributed by atoms with Crippen molar-refractivity contribution in [3.63, 3.8) is 0 Å². The highest BCUT2D eigenvalue weighted by molar-refractivity contribution is 6.09. The van der Waals surface area contributed by atoms with Crippen LogP contribution in [0.4, 0.5) is 29.3 Å². The summed E-state index contributed by atoms with van der Waals surface area (Å²) in [5, 5.41) is 9.18. The van der Waals surface area contributed by atoms with E-state index in [0.717, 1.165) is 5.56 Å². The van der Waals surface area contributed by atoms with Gasteiger partial charge in [0.05, 0.1) is 30.9 Å². The molecule has 1 atom stereocenters. The van der Waals surface area contributed by atoms with Gasteiger partial charge in [0.2, 0.25) is 0 Å². The van der Waals surface area contributed by atoms with Gasteiger partial charge in [0, 0.05) is 11.4 Å². The molecular formula is C26H20F3N3O3. The smallest absolute Gasteiger partial charge is 0.406 e. The SMILES string of the molecule is Cc1ccc(N2C(=O)N(c3ccc(C#N)cc3)[C@@H](c3cccc(OC(F)(F)F)c3)C23COC3)cc1. The molecule has 5 rings (SSSR count). The summed E-state index contributed by atoms with van der Waals surface area (Å²) < 4.78 is 48.5. The van der Waals surface area contributed by atoms with Crippen LogP contribution >= 0.6 is 0 Å². The molecule has 0 aliphatic carbocycles. The summed E-state index contributed by atoms with van der Waals surface area (Å²) in [6.45, 7) is 2.35. The first kappa shape index (κ1) is 22.7. The zero-order chi connectivity index (χ0) is 24.8. The summed E-state index contributed by atoms with van der Waals surface area (Å²) in [7, 11) is 0. The fraction of sp³-hybridized carbons (Fsp3) is 0.231. The number of halogens is 3. The molecule has 0 radical (unpaired) electrons. The van der Waals surface area contributed by atoms with Gasteiger partial charge >= 0.3 is 12.4 Å². The lowest BCUT2D eigenvalue weighted by Crippen LogP contribution is -2.62.